The van der Waals surface area contributed by atoms with Crippen LogP contribution in [0.15, 0.2) is 0 Å². The van der Waals surface area contributed by atoms with Gasteiger partial charge in [0.15, 0.2) is 0 Å². The molecule has 3 saturated heterocycles. The predicted octanol–water partition coefficient (Wildman–Crippen LogP) is 2.92. The first-order valence-electron chi connectivity index (χ1n) is 10.1. The third kappa shape index (κ3) is 4.72. The number of hydrogen-bond acceptors (Lipinski definition) is 4. The minimum absolute atomic E-state index is 0.249. The van der Waals surface area contributed by atoms with Crippen LogP contribution in [0.2, 0.25) is 0 Å². The summed E-state index contributed by atoms with van der Waals surface area (Å²) < 4.78 is 11.8. The van der Waals surface area contributed by atoms with Crippen LogP contribution >= 0.6 is 0 Å². The molecule has 0 aliphatic carbocycles. The molecule has 4 nitrogen and oxygen atoms in total. The van der Waals surface area contributed by atoms with Crippen molar-refractivity contribution < 1.29 is 9.47 Å². The molecular weight excluding hydrogens is 300 g/mol. The molecule has 140 valence electrons. The van der Waals surface area contributed by atoms with Crippen molar-refractivity contribution in [3.05, 3.63) is 0 Å². The summed E-state index contributed by atoms with van der Waals surface area (Å²) in [5.74, 6) is 1.39. The van der Waals surface area contributed by atoms with Crippen molar-refractivity contribution in [2.75, 3.05) is 39.4 Å². The third-order valence-corrected chi connectivity index (χ3v) is 6.19. The summed E-state index contributed by atoms with van der Waals surface area (Å²) in [5.41, 5.74) is 0.249. The second-order valence-electron chi connectivity index (χ2n) is 9.38. The number of nitrogens with one attached hydrogen (secondary N) is 1. The summed E-state index contributed by atoms with van der Waals surface area (Å²) in [7, 11) is 0. The van der Waals surface area contributed by atoms with Crippen LogP contribution in [0.1, 0.15) is 53.4 Å². The normalized spacial score (nSPS) is 38.8. The lowest BCUT2D eigenvalue weighted by molar-refractivity contribution is 0.00526. The molecule has 24 heavy (non-hydrogen) atoms. The second kappa shape index (κ2) is 8.03. The van der Waals surface area contributed by atoms with E-state index in [9.17, 15) is 0 Å². The van der Waals surface area contributed by atoms with E-state index in [1.807, 2.05) is 0 Å². The quantitative estimate of drug-likeness (QED) is 0.836. The molecule has 3 aliphatic heterocycles. The van der Waals surface area contributed by atoms with Crippen LogP contribution in [0, 0.1) is 17.3 Å². The average Bonchev–Trinajstić information content (AvgIpc) is 3.17. The topological polar surface area (TPSA) is 33.7 Å². The average molecular weight is 339 g/mol. The highest BCUT2D eigenvalue weighted by Crippen LogP contribution is 2.34. The highest BCUT2D eigenvalue weighted by atomic mass is 16.5. The number of nitrogens with zero attached hydrogens (tertiary/aromatic N) is 1. The third-order valence-electron chi connectivity index (χ3n) is 6.19. The van der Waals surface area contributed by atoms with E-state index in [0.29, 0.717) is 24.2 Å². The summed E-state index contributed by atoms with van der Waals surface area (Å²) in [6, 6.07) is 0.659. The van der Waals surface area contributed by atoms with Gasteiger partial charge in [0, 0.05) is 44.8 Å². The molecule has 0 aromatic rings. The smallest absolute Gasteiger partial charge is 0.0702 e. The molecule has 1 N–H and O–H groups in total. The van der Waals surface area contributed by atoms with Gasteiger partial charge in [-0.15, -0.1) is 0 Å². The van der Waals surface area contributed by atoms with Gasteiger partial charge in [-0.2, -0.15) is 0 Å². The van der Waals surface area contributed by atoms with E-state index in [0.717, 1.165) is 32.2 Å². The Morgan fingerprint density at radius 1 is 1.08 bits per heavy atom. The van der Waals surface area contributed by atoms with Gasteiger partial charge in [0.05, 0.1) is 12.2 Å². The lowest BCUT2D eigenvalue weighted by atomic mass is 9.81. The minimum Gasteiger partial charge on any atom is -0.377 e. The Morgan fingerprint density at radius 3 is 2.58 bits per heavy atom. The number of piperidine rings is 1. The molecule has 0 spiro atoms. The zero-order valence-electron chi connectivity index (χ0n) is 16.2. The fourth-order valence-corrected chi connectivity index (χ4v) is 4.88. The number of ether oxygens (including phenoxy) is 2. The van der Waals surface area contributed by atoms with Gasteiger partial charge in [0.1, 0.15) is 0 Å². The van der Waals surface area contributed by atoms with Crippen molar-refractivity contribution in [2.45, 2.75) is 71.6 Å². The molecule has 0 amide bonds. The van der Waals surface area contributed by atoms with E-state index in [-0.39, 0.29) is 5.41 Å². The van der Waals surface area contributed by atoms with Crippen molar-refractivity contribution in [3.63, 3.8) is 0 Å². The predicted molar refractivity (Wildman–Crippen MR) is 98.3 cm³/mol. The van der Waals surface area contributed by atoms with Crippen molar-refractivity contribution in [1.82, 2.24) is 10.2 Å². The zero-order chi connectivity index (χ0) is 17.2. The van der Waals surface area contributed by atoms with E-state index >= 15 is 0 Å². The van der Waals surface area contributed by atoms with Gasteiger partial charge in [-0.05, 0) is 43.6 Å². The standard InChI is InChI=1S/C20H38N2O2/c1-15-13-22(14-17-6-5-10-23-17)9-7-18(15)21-12-16-8-11-24-19(16)20(2,3)4/h15-19,21H,5-14H2,1-4H3/t15-,16-,17+,18+,19+/m1/s1. The van der Waals surface area contributed by atoms with E-state index < -0.39 is 0 Å². The van der Waals surface area contributed by atoms with Crippen LogP contribution in [0.5, 0.6) is 0 Å². The first-order chi connectivity index (χ1) is 11.4. The Balaban J connectivity index is 1.42. The van der Waals surface area contributed by atoms with Crippen LogP contribution in [0.3, 0.4) is 0 Å². The largest absolute Gasteiger partial charge is 0.377 e. The highest BCUT2D eigenvalue weighted by Gasteiger charge is 2.38. The van der Waals surface area contributed by atoms with Crippen LogP contribution in [-0.2, 0) is 9.47 Å². The molecular formula is C20H38N2O2. The molecule has 0 aromatic heterocycles. The second-order valence-corrected chi connectivity index (χ2v) is 9.38. The van der Waals surface area contributed by atoms with Gasteiger partial charge in [0.2, 0.25) is 0 Å². The van der Waals surface area contributed by atoms with Crippen LogP contribution in [-0.4, -0.2) is 62.5 Å². The fraction of sp³-hybridized carbons (Fsp3) is 1.00. The summed E-state index contributed by atoms with van der Waals surface area (Å²) in [4.78, 5) is 2.62. The fourth-order valence-electron chi connectivity index (χ4n) is 4.88. The lowest BCUT2D eigenvalue weighted by Crippen LogP contribution is -2.51. The van der Waals surface area contributed by atoms with Gasteiger partial charge in [-0.1, -0.05) is 27.7 Å². The Labute approximate surface area is 148 Å². The summed E-state index contributed by atoms with van der Waals surface area (Å²) in [5, 5.41) is 3.89. The monoisotopic (exact) mass is 338 g/mol. The first-order valence-corrected chi connectivity index (χ1v) is 10.1. The molecule has 0 bridgehead atoms. The lowest BCUT2D eigenvalue weighted by Gasteiger charge is -2.39. The van der Waals surface area contributed by atoms with Crippen molar-refractivity contribution in [2.24, 2.45) is 17.3 Å². The Morgan fingerprint density at radius 2 is 1.92 bits per heavy atom. The molecule has 5 atom stereocenters. The Hall–Kier alpha value is -0.160. The Bertz CT molecular complexity index is 390. The minimum atomic E-state index is 0.249. The van der Waals surface area contributed by atoms with Crippen LogP contribution < -0.4 is 5.32 Å². The van der Waals surface area contributed by atoms with Gasteiger partial charge >= 0.3 is 0 Å². The van der Waals surface area contributed by atoms with Gasteiger partial charge in [-0.25, -0.2) is 0 Å². The molecule has 0 unspecified atom stereocenters. The number of likely N-dealkylation sites (tertiary alicyclic amines) is 1. The van der Waals surface area contributed by atoms with Crippen molar-refractivity contribution in [1.29, 1.82) is 0 Å². The van der Waals surface area contributed by atoms with Crippen LogP contribution in [0.4, 0.5) is 0 Å². The van der Waals surface area contributed by atoms with E-state index in [1.54, 1.807) is 0 Å². The SMILES string of the molecule is C[C@@H]1CN(C[C@@H]2CCCO2)CC[C@@H]1NC[C@H]1CCO[C@@H]1C(C)(C)C. The molecule has 3 heterocycles. The Kier molecular flexibility index (Phi) is 6.23. The molecule has 3 rings (SSSR count). The molecule has 0 aromatic carbocycles. The first kappa shape index (κ1) is 18.6. The highest BCUT2D eigenvalue weighted by molar-refractivity contribution is 4.90. The zero-order valence-corrected chi connectivity index (χ0v) is 16.2. The molecule has 0 radical (unpaired) electrons. The maximum absolute atomic E-state index is 6.03. The van der Waals surface area contributed by atoms with Gasteiger partial charge < -0.3 is 19.7 Å². The molecule has 0 saturated carbocycles. The molecule has 3 fully saturated rings. The number of hydrogen-bond donors (Lipinski definition) is 1. The summed E-state index contributed by atoms with van der Waals surface area (Å²) in [6.45, 7) is 15.9. The van der Waals surface area contributed by atoms with Gasteiger partial charge in [0.25, 0.3) is 0 Å². The van der Waals surface area contributed by atoms with E-state index in [1.165, 1.54) is 38.8 Å². The molecule has 4 heteroatoms. The van der Waals surface area contributed by atoms with Crippen molar-refractivity contribution >= 4 is 0 Å². The van der Waals surface area contributed by atoms with E-state index in [2.05, 4.69) is 37.9 Å². The van der Waals surface area contributed by atoms with Gasteiger partial charge in [-0.3, -0.25) is 0 Å². The summed E-state index contributed by atoms with van der Waals surface area (Å²) >= 11 is 0. The maximum atomic E-state index is 6.03. The summed E-state index contributed by atoms with van der Waals surface area (Å²) in [6.07, 6.45) is 5.87. The number of rotatable bonds is 5. The van der Waals surface area contributed by atoms with Crippen molar-refractivity contribution in [3.8, 4) is 0 Å². The molecule has 3 aliphatic rings. The maximum Gasteiger partial charge on any atom is 0.0702 e. The van der Waals surface area contributed by atoms with Crippen LogP contribution in [0.25, 0.3) is 0 Å². The van der Waals surface area contributed by atoms with E-state index in [4.69, 9.17) is 9.47 Å².